The van der Waals surface area contributed by atoms with Crippen molar-refractivity contribution in [2.24, 2.45) is 11.3 Å². The molecule has 1 aromatic heterocycles. The van der Waals surface area contributed by atoms with Gasteiger partial charge in [-0.3, -0.25) is 14.5 Å². The molecule has 0 bridgehead atoms. The lowest BCUT2D eigenvalue weighted by atomic mass is 9.71. The van der Waals surface area contributed by atoms with Crippen molar-refractivity contribution in [2.45, 2.75) is 26.4 Å². The highest BCUT2D eigenvalue weighted by molar-refractivity contribution is 5.92. The Kier molecular flexibility index (Phi) is 4.93. The molecule has 1 spiro atoms. The monoisotopic (exact) mass is 382 g/mol. The topological polar surface area (TPSA) is 78.7 Å². The molecule has 1 atom stereocenters. The average Bonchev–Trinajstić information content (AvgIpc) is 3.28. The van der Waals surface area contributed by atoms with Crippen LogP contribution in [0.15, 0.2) is 47.3 Å². The van der Waals surface area contributed by atoms with E-state index in [2.05, 4.69) is 27.3 Å². The summed E-state index contributed by atoms with van der Waals surface area (Å²) in [5, 5.41) is 3.07. The minimum atomic E-state index is -0.205. The maximum absolute atomic E-state index is 12.9. The summed E-state index contributed by atoms with van der Waals surface area (Å²) in [6.07, 6.45) is 2.70. The third kappa shape index (κ3) is 3.54. The van der Waals surface area contributed by atoms with Crippen molar-refractivity contribution in [3.8, 4) is 0 Å². The Hall–Kier alpha value is -2.67. The summed E-state index contributed by atoms with van der Waals surface area (Å²) in [7, 11) is 0. The van der Waals surface area contributed by atoms with Crippen LogP contribution in [0.25, 0.3) is 0 Å². The number of benzene rings is 1. The van der Waals surface area contributed by atoms with E-state index in [-0.39, 0.29) is 34.9 Å². The number of nitrogens with one attached hydrogen (secondary N) is 1. The SMILES string of the molecule is CC(C)NC(=O)C1CN(Cc2ccccc2)CC12CN(C(=O)c1cnco1)C2. The number of amides is 2. The number of hydrogen-bond donors (Lipinski definition) is 1. The third-order valence-corrected chi connectivity index (χ3v) is 5.66. The van der Waals surface area contributed by atoms with E-state index >= 15 is 0 Å². The molecule has 7 heteroatoms. The van der Waals surface area contributed by atoms with E-state index in [9.17, 15) is 9.59 Å². The summed E-state index contributed by atoms with van der Waals surface area (Å²) in [5.74, 6) is 0.0412. The molecule has 28 heavy (non-hydrogen) atoms. The molecule has 1 N–H and O–H groups in total. The Bertz CT molecular complexity index is 829. The average molecular weight is 382 g/mol. The standard InChI is InChI=1S/C21H26N4O3/c1-15(2)23-19(26)17-10-24(9-16-6-4-3-5-7-16)11-21(17)12-25(13-21)20(27)18-8-22-14-28-18/h3-8,14-15,17H,9-13H2,1-2H3,(H,23,26). The molecule has 2 saturated heterocycles. The van der Waals surface area contributed by atoms with Crippen LogP contribution in [0, 0.1) is 11.3 Å². The molecule has 3 heterocycles. The second-order valence-corrected chi connectivity index (χ2v) is 8.26. The zero-order chi connectivity index (χ0) is 19.7. The zero-order valence-corrected chi connectivity index (χ0v) is 16.3. The minimum absolute atomic E-state index is 0.0809. The number of aromatic nitrogens is 1. The van der Waals surface area contributed by atoms with Crippen LogP contribution in [0.3, 0.4) is 0 Å². The first-order valence-corrected chi connectivity index (χ1v) is 9.71. The summed E-state index contributed by atoms with van der Waals surface area (Å²) in [6, 6.07) is 10.4. The van der Waals surface area contributed by atoms with Crippen LogP contribution >= 0.6 is 0 Å². The Labute approximate surface area is 164 Å². The summed E-state index contributed by atoms with van der Waals surface area (Å²) in [4.78, 5) is 33.3. The Morgan fingerprint density at radius 3 is 2.64 bits per heavy atom. The van der Waals surface area contributed by atoms with Gasteiger partial charge in [-0.1, -0.05) is 30.3 Å². The van der Waals surface area contributed by atoms with Gasteiger partial charge in [0.05, 0.1) is 12.1 Å². The fraction of sp³-hybridized carbons (Fsp3) is 0.476. The molecule has 4 rings (SSSR count). The van der Waals surface area contributed by atoms with Gasteiger partial charge in [0.2, 0.25) is 11.7 Å². The Morgan fingerprint density at radius 2 is 2.00 bits per heavy atom. The summed E-state index contributed by atoms with van der Waals surface area (Å²) >= 11 is 0. The van der Waals surface area contributed by atoms with Gasteiger partial charge >= 0.3 is 0 Å². The van der Waals surface area contributed by atoms with E-state index in [4.69, 9.17) is 4.42 Å². The van der Waals surface area contributed by atoms with E-state index in [1.807, 2.05) is 32.0 Å². The number of nitrogens with zero attached hydrogens (tertiary/aromatic N) is 3. The lowest BCUT2D eigenvalue weighted by Gasteiger charge is -2.50. The molecule has 2 aliphatic rings. The minimum Gasteiger partial charge on any atom is -0.438 e. The highest BCUT2D eigenvalue weighted by Gasteiger charge is 2.58. The van der Waals surface area contributed by atoms with Crippen LogP contribution < -0.4 is 5.32 Å². The Morgan fingerprint density at radius 1 is 1.25 bits per heavy atom. The van der Waals surface area contributed by atoms with Crippen molar-refractivity contribution < 1.29 is 14.0 Å². The lowest BCUT2D eigenvalue weighted by Crippen LogP contribution is -2.64. The van der Waals surface area contributed by atoms with Gasteiger partial charge in [-0.15, -0.1) is 0 Å². The predicted molar refractivity (Wildman–Crippen MR) is 103 cm³/mol. The summed E-state index contributed by atoms with van der Waals surface area (Å²) in [6.45, 7) is 7.39. The molecule has 2 aliphatic heterocycles. The van der Waals surface area contributed by atoms with Crippen molar-refractivity contribution in [1.29, 1.82) is 0 Å². The van der Waals surface area contributed by atoms with Crippen molar-refractivity contribution >= 4 is 11.8 Å². The largest absolute Gasteiger partial charge is 0.438 e. The normalized spacial score (nSPS) is 21.1. The van der Waals surface area contributed by atoms with E-state index in [0.717, 1.165) is 13.1 Å². The summed E-state index contributed by atoms with van der Waals surface area (Å²) in [5.41, 5.74) is 1.03. The second-order valence-electron chi connectivity index (χ2n) is 8.26. The van der Waals surface area contributed by atoms with Gasteiger partial charge < -0.3 is 14.6 Å². The molecule has 148 valence electrons. The highest BCUT2D eigenvalue weighted by Crippen LogP contribution is 2.45. The van der Waals surface area contributed by atoms with E-state index in [1.165, 1.54) is 18.2 Å². The van der Waals surface area contributed by atoms with Gasteiger partial charge in [0.15, 0.2) is 6.39 Å². The number of likely N-dealkylation sites (tertiary alicyclic amines) is 2. The lowest BCUT2D eigenvalue weighted by molar-refractivity contribution is -0.131. The third-order valence-electron chi connectivity index (χ3n) is 5.66. The fourth-order valence-electron chi connectivity index (χ4n) is 4.44. The summed E-state index contributed by atoms with van der Waals surface area (Å²) < 4.78 is 5.14. The maximum Gasteiger partial charge on any atom is 0.291 e. The predicted octanol–water partition coefficient (Wildman–Crippen LogP) is 1.77. The number of rotatable bonds is 5. The highest BCUT2D eigenvalue weighted by atomic mass is 16.3. The van der Waals surface area contributed by atoms with Gasteiger partial charge in [0.25, 0.3) is 5.91 Å². The van der Waals surface area contributed by atoms with Crippen LogP contribution in [-0.4, -0.2) is 58.8 Å². The first kappa shape index (κ1) is 18.7. The van der Waals surface area contributed by atoms with Gasteiger partial charge in [-0.05, 0) is 19.4 Å². The molecule has 7 nitrogen and oxygen atoms in total. The van der Waals surface area contributed by atoms with E-state index in [0.29, 0.717) is 19.6 Å². The molecule has 0 saturated carbocycles. The molecule has 0 radical (unpaired) electrons. The smallest absolute Gasteiger partial charge is 0.291 e. The van der Waals surface area contributed by atoms with Crippen LogP contribution in [0.4, 0.5) is 0 Å². The fourth-order valence-corrected chi connectivity index (χ4v) is 4.44. The van der Waals surface area contributed by atoms with Gasteiger partial charge in [-0.2, -0.15) is 0 Å². The van der Waals surface area contributed by atoms with Crippen LogP contribution in [0.2, 0.25) is 0 Å². The second kappa shape index (κ2) is 7.39. The van der Waals surface area contributed by atoms with E-state index < -0.39 is 0 Å². The number of carbonyl (C=O) groups excluding carboxylic acids is 2. The Balaban J connectivity index is 1.48. The van der Waals surface area contributed by atoms with Crippen LogP contribution in [-0.2, 0) is 11.3 Å². The van der Waals surface area contributed by atoms with Crippen molar-refractivity contribution in [1.82, 2.24) is 20.1 Å². The number of hydrogen-bond acceptors (Lipinski definition) is 5. The van der Waals surface area contributed by atoms with Crippen molar-refractivity contribution in [3.63, 3.8) is 0 Å². The first-order chi connectivity index (χ1) is 13.5. The van der Waals surface area contributed by atoms with Gasteiger partial charge in [0.1, 0.15) is 0 Å². The van der Waals surface area contributed by atoms with Crippen LogP contribution in [0.1, 0.15) is 30.0 Å². The quantitative estimate of drug-likeness (QED) is 0.853. The van der Waals surface area contributed by atoms with Crippen molar-refractivity contribution in [3.05, 3.63) is 54.2 Å². The maximum atomic E-state index is 12.9. The molecule has 2 aromatic rings. The zero-order valence-electron chi connectivity index (χ0n) is 16.3. The molecule has 2 fully saturated rings. The number of oxazole rings is 1. The molecule has 0 aliphatic carbocycles. The van der Waals surface area contributed by atoms with Gasteiger partial charge in [0, 0.05) is 44.2 Å². The van der Waals surface area contributed by atoms with Crippen molar-refractivity contribution in [2.75, 3.05) is 26.2 Å². The molecule has 1 aromatic carbocycles. The number of carbonyl (C=O) groups is 2. The molecular formula is C21H26N4O3. The molecule has 1 unspecified atom stereocenters. The van der Waals surface area contributed by atoms with Gasteiger partial charge in [-0.25, -0.2) is 4.98 Å². The van der Waals surface area contributed by atoms with E-state index in [1.54, 1.807) is 4.90 Å². The molecular weight excluding hydrogens is 356 g/mol. The molecule has 2 amide bonds. The van der Waals surface area contributed by atoms with Crippen LogP contribution in [0.5, 0.6) is 0 Å². The first-order valence-electron chi connectivity index (χ1n) is 9.71.